The van der Waals surface area contributed by atoms with Crippen LogP contribution in [0.5, 0.6) is 5.75 Å². The van der Waals surface area contributed by atoms with E-state index >= 15 is 0 Å². The number of carbonyl (C=O) groups excluding carboxylic acids is 1. The van der Waals surface area contributed by atoms with Gasteiger partial charge in [-0.1, -0.05) is 12.1 Å². The molecule has 3 aromatic rings. The van der Waals surface area contributed by atoms with E-state index in [0.29, 0.717) is 17.2 Å². The molecule has 0 fully saturated rings. The van der Waals surface area contributed by atoms with Crippen LogP contribution in [0, 0.1) is 0 Å². The number of nitrogens with one attached hydrogen (secondary N) is 1. The SMILES string of the molecule is CC(C)(C)S(=O)Cc1cccc(NC(=O)COc2ccc3oc4c(c3c2)CCCC4)c1. The number of rotatable bonds is 6. The summed E-state index contributed by atoms with van der Waals surface area (Å²) in [5.74, 6) is 1.97. The van der Waals surface area contributed by atoms with Crippen molar-refractivity contribution < 1.29 is 18.2 Å². The normalized spacial score (nSPS) is 14.8. The van der Waals surface area contributed by atoms with Crippen LogP contribution in [0.2, 0.25) is 0 Å². The molecule has 0 radical (unpaired) electrons. The zero-order valence-electron chi connectivity index (χ0n) is 18.3. The van der Waals surface area contributed by atoms with Gasteiger partial charge >= 0.3 is 0 Å². The van der Waals surface area contributed by atoms with Gasteiger partial charge in [0.2, 0.25) is 0 Å². The fourth-order valence-electron chi connectivity index (χ4n) is 3.78. The maximum Gasteiger partial charge on any atom is 0.262 e. The molecule has 1 aliphatic carbocycles. The number of ether oxygens (including phenoxy) is 1. The first kappa shape index (κ1) is 21.6. The van der Waals surface area contributed by atoms with E-state index in [1.807, 2.05) is 63.2 Å². The van der Waals surface area contributed by atoms with E-state index in [9.17, 15) is 9.00 Å². The number of fused-ring (bicyclic) bond motifs is 3. The molecule has 6 heteroatoms. The maximum atomic E-state index is 12.4. The Balaban J connectivity index is 1.37. The quantitative estimate of drug-likeness (QED) is 0.560. The summed E-state index contributed by atoms with van der Waals surface area (Å²) in [6.45, 7) is 5.80. The van der Waals surface area contributed by atoms with Crippen LogP contribution >= 0.6 is 0 Å². The predicted molar refractivity (Wildman–Crippen MR) is 125 cm³/mol. The second-order valence-corrected chi connectivity index (χ2v) is 11.2. The third-order valence-corrected chi connectivity index (χ3v) is 7.45. The number of carbonyl (C=O) groups is 1. The molecular weight excluding hydrogens is 410 g/mol. The fourth-order valence-corrected chi connectivity index (χ4v) is 4.70. The molecule has 1 aliphatic rings. The summed E-state index contributed by atoms with van der Waals surface area (Å²) in [6, 6.07) is 13.2. The smallest absolute Gasteiger partial charge is 0.262 e. The van der Waals surface area contributed by atoms with E-state index in [1.165, 1.54) is 18.4 Å². The van der Waals surface area contributed by atoms with Gasteiger partial charge in [0.25, 0.3) is 5.91 Å². The molecule has 1 amide bonds. The van der Waals surface area contributed by atoms with Crippen molar-refractivity contribution in [3.05, 3.63) is 59.4 Å². The molecule has 1 atom stereocenters. The highest BCUT2D eigenvalue weighted by Gasteiger charge is 2.20. The Morgan fingerprint density at radius 1 is 1.13 bits per heavy atom. The Morgan fingerprint density at radius 3 is 2.74 bits per heavy atom. The van der Waals surface area contributed by atoms with E-state index in [-0.39, 0.29) is 17.3 Å². The topological polar surface area (TPSA) is 68.5 Å². The largest absolute Gasteiger partial charge is 0.484 e. The predicted octanol–water partition coefficient (Wildman–Crippen LogP) is 5.38. The number of amides is 1. The summed E-state index contributed by atoms with van der Waals surface area (Å²) in [5.41, 5.74) is 3.77. The zero-order valence-corrected chi connectivity index (χ0v) is 19.1. The van der Waals surface area contributed by atoms with Gasteiger partial charge < -0.3 is 14.5 Å². The molecule has 4 rings (SSSR count). The molecule has 164 valence electrons. The molecule has 1 aromatic heterocycles. The van der Waals surface area contributed by atoms with Crippen LogP contribution in [0.15, 0.2) is 46.9 Å². The number of hydrogen-bond donors (Lipinski definition) is 1. The molecule has 31 heavy (non-hydrogen) atoms. The van der Waals surface area contributed by atoms with Crippen LogP contribution in [-0.4, -0.2) is 21.5 Å². The summed E-state index contributed by atoms with van der Waals surface area (Å²) in [7, 11) is -0.992. The second kappa shape index (κ2) is 8.87. The Hall–Kier alpha value is -2.60. The lowest BCUT2D eigenvalue weighted by molar-refractivity contribution is -0.118. The number of aryl methyl sites for hydroxylation is 2. The number of anilines is 1. The standard InChI is InChI=1S/C25H29NO4S/c1-25(2,3)31(28)16-17-7-6-8-18(13-17)26-24(27)15-29-19-11-12-23-21(14-19)20-9-4-5-10-22(20)30-23/h6-8,11-14H,4-5,9-10,15-16H2,1-3H3,(H,26,27). The first-order chi connectivity index (χ1) is 14.8. The first-order valence-corrected chi connectivity index (χ1v) is 12.1. The minimum absolute atomic E-state index is 0.0797. The van der Waals surface area contributed by atoms with Crippen LogP contribution in [0.25, 0.3) is 11.0 Å². The van der Waals surface area contributed by atoms with Crippen molar-refractivity contribution in [1.82, 2.24) is 0 Å². The van der Waals surface area contributed by atoms with Gasteiger partial charge in [0.1, 0.15) is 17.1 Å². The van der Waals surface area contributed by atoms with Crippen LogP contribution in [-0.2, 0) is 34.2 Å². The van der Waals surface area contributed by atoms with Crippen LogP contribution in [0.1, 0.15) is 50.5 Å². The Kier molecular flexibility index (Phi) is 6.19. The summed E-state index contributed by atoms with van der Waals surface area (Å²) < 4.78 is 23.8. The van der Waals surface area contributed by atoms with Gasteiger partial charge in [0.05, 0.1) is 0 Å². The lowest BCUT2D eigenvalue weighted by Crippen LogP contribution is -2.23. The van der Waals surface area contributed by atoms with Crippen molar-refractivity contribution in [2.24, 2.45) is 0 Å². The average Bonchev–Trinajstić information content (AvgIpc) is 3.10. The highest BCUT2D eigenvalue weighted by Crippen LogP contribution is 2.34. The zero-order chi connectivity index (χ0) is 22.0. The van der Waals surface area contributed by atoms with Crippen molar-refractivity contribution in [2.75, 3.05) is 11.9 Å². The lowest BCUT2D eigenvalue weighted by atomic mass is 9.96. The van der Waals surface area contributed by atoms with Gasteiger partial charge in [-0.2, -0.15) is 0 Å². The minimum Gasteiger partial charge on any atom is -0.484 e. The molecule has 0 saturated heterocycles. The van der Waals surface area contributed by atoms with E-state index in [1.54, 1.807) is 0 Å². The Bertz CT molecular complexity index is 1130. The summed E-state index contributed by atoms with van der Waals surface area (Å²) in [6.07, 6.45) is 4.37. The molecule has 5 nitrogen and oxygen atoms in total. The van der Waals surface area contributed by atoms with Crippen LogP contribution < -0.4 is 10.1 Å². The third kappa shape index (κ3) is 5.18. The van der Waals surface area contributed by atoms with Crippen molar-refractivity contribution in [2.45, 2.75) is 57.0 Å². The van der Waals surface area contributed by atoms with Gasteiger partial charge in [-0.3, -0.25) is 9.00 Å². The highest BCUT2D eigenvalue weighted by atomic mass is 32.2. The molecule has 0 spiro atoms. The molecule has 1 heterocycles. The van der Waals surface area contributed by atoms with Crippen molar-refractivity contribution in [3.63, 3.8) is 0 Å². The molecule has 0 bridgehead atoms. The van der Waals surface area contributed by atoms with Crippen LogP contribution in [0.4, 0.5) is 5.69 Å². The molecule has 0 saturated carbocycles. The molecular formula is C25H29NO4S. The lowest BCUT2D eigenvalue weighted by Gasteiger charge is -2.18. The van der Waals surface area contributed by atoms with Crippen molar-refractivity contribution >= 4 is 33.4 Å². The Labute approximate surface area is 185 Å². The summed E-state index contributed by atoms with van der Waals surface area (Å²) in [5, 5.41) is 3.96. The van der Waals surface area contributed by atoms with Gasteiger partial charge in [-0.15, -0.1) is 0 Å². The molecule has 0 aliphatic heterocycles. The fraction of sp³-hybridized carbons (Fsp3) is 0.400. The summed E-state index contributed by atoms with van der Waals surface area (Å²) in [4.78, 5) is 12.4. The van der Waals surface area contributed by atoms with Crippen LogP contribution in [0.3, 0.4) is 0 Å². The first-order valence-electron chi connectivity index (χ1n) is 10.7. The molecule has 2 aromatic carbocycles. The second-order valence-electron chi connectivity index (χ2n) is 9.01. The number of furan rings is 1. The van der Waals surface area contributed by atoms with Gasteiger partial charge in [-0.25, -0.2) is 0 Å². The minimum atomic E-state index is -0.992. The maximum absolute atomic E-state index is 12.4. The van der Waals surface area contributed by atoms with Gasteiger partial charge in [0.15, 0.2) is 6.61 Å². The monoisotopic (exact) mass is 439 g/mol. The highest BCUT2D eigenvalue weighted by molar-refractivity contribution is 7.85. The van der Waals surface area contributed by atoms with E-state index < -0.39 is 10.8 Å². The number of benzene rings is 2. The van der Waals surface area contributed by atoms with Crippen molar-refractivity contribution in [3.8, 4) is 5.75 Å². The molecule has 1 unspecified atom stereocenters. The third-order valence-electron chi connectivity index (χ3n) is 5.49. The van der Waals surface area contributed by atoms with Crippen molar-refractivity contribution in [1.29, 1.82) is 0 Å². The summed E-state index contributed by atoms with van der Waals surface area (Å²) >= 11 is 0. The van der Waals surface area contributed by atoms with E-state index in [4.69, 9.17) is 9.15 Å². The van der Waals surface area contributed by atoms with E-state index in [2.05, 4.69) is 5.32 Å². The van der Waals surface area contributed by atoms with Gasteiger partial charge in [-0.05, 0) is 75.9 Å². The van der Waals surface area contributed by atoms with Gasteiger partial charge in [0, 0.05) is 44.4 Å². The average molecular weight is 440 g/mol. The molecule has 1 N–H and O–H groups in total. The number of hydrogen-bond acceptors (Lipinski definition) is 4. The van der Waals surface area contributed by atoms with E-state index in [0.717, 1.165) is 35.1 Å². The Morgan fingerprint density at radius 2 is 1.94 bits per heavy atom.